The highest BCUT2D eigenvalue weighted by atomic mass is 19.4. The Morgan fingerprint density at radius 1 is 1.10 bits per heavy atom. The Hall–Kier alpha value is -2.44. The minimum absolute atomic E-state index is 0.253. The Labute approximate surface area is 110 Å². The average molecular weight is 285 g/mol. The molecule has 0 aliphatic heterocycles. The van der Waals surface area contributed by atoms with Gasteiger partial charge < -0.3 is 5.11 Å². The summed E-state index contributed by atoms with van der Waals surface area (Å²) in [7, 11) is 0. The third-order valence-corrected chi connectivity index (χ3v) is 2.56. The Bertz CT molecular complexity index is 668. The highest BCUT2D eigenvalue weighted by Gasteiger charge is 2.33. The summed E-state index contributed by atoms with van der Waals surface area (Å²) in [5.41, 5.74) is -2.44. The van der Waals surface area contributed by atoms with E-state index in [1.807, 2.05) is 0 Å². The van der Waals surface area contributed by atoms with Crippen molar-refractivity contribution >= 4 is 5.97 Å². The Morgan fingerprint density at radius 2 is 1.75 bits per heavy atom. The molecule has 3 nitrogen and oxygen atoms in total. The van der Waals surface area contributed by atoms with Gasteiger partial charge in [0, 0.05) is 5.56 Å². The number of halogens is 4. The lowest BCUT2D eigenvalue weighted by molar-refractivity contribution is -0.137. The van der Waals surface area contributed by atoms with Gasteiger partial charge in [0.1, 0.15) is 0 Å². The first kappa shape index (κ1) is 14.0. The number of nitrogens with zero attached hydrogens (tertiary/aromatic N) is 1. The van der Waals surface area contributed by atoms with E-state index < -0.39 is 29.2 Å². The summed E-state index contributed by atoms with van der Waals surface area (Å²) in [4.78, 5) is 14.2. The summed E-state index contributed by atoms with van der Waals surface area (Å²) in [5.74, 6) is -2.75. The van der Waals surface area contributed by atoms with E-state index >= 15 is 0 Å². The summed E-state index contributed by atoms with van der Waals surface area (Å²) in [6.07, 6.45) is -4.62. The molecular weight excluding hydrogens is 278 g/mol. The zero-order chi connectivity index (χ0) is 14.9. The lowest BCUT2D eigenvalue weighted by atomic mass is 10.0. The summed E-state index contributed by atoms with van der Waals surface area (Å²) in [5, 5.41) is 8.74. The number of carbonyl (C=O) groups is 1. The smallest absolute Gasteiger partial charge is 0.417 e. The third-order valence-electron chi connectivity index (χ3n) is 2.56. The van der Waals surface area contributed by atoms with E-state index in [0.29, 0.717) is 0 Å². The first-order valence-corrected chi connectivity index (χ1v) is 5.37. The van der Waals surface area contributed by atoms with Gasteiger partial charge in [0.05, 0.1) is 11.3 Å². The standard InChI is InChI=1S/C13H7F4NO2/c14-9-5-6-10(18-11(9)12(19)20)7-3-1-2-4-8(7)13(15,16)17/h1-6H,(H,19,20). The summed E-state index contributed by atoms with van der Waals surface area (Å²) in [6, 6.07) is 6.34. The molecule has 0 unspecified atom stereocenters. The van der Waals surface area contributed by atoms with Crippen LogP contribution in [0.3, 0.4) is 0 Å². The molecule has 20 heavy (non-hydrogen) atoms. The number of carboxylic acid groups (broad SMARTS) is 1. The van der Waals surface area contributed by atoms with E-state index in [2.05, 4.69) is 4.98 Å². The fraction of sp³-hybridized carbons (Fsp3) is 0.0769. The number of benzene rings is 1. The predicted octanol–water partition coefficient (Wildman–Crippen LogP) is 3.60. The van der Waals surface area contributed by atoms with Crippen molar-refractivity contribution < 1.29 is 27.5 Å². The van der Waals surface area contributed by atoms with Crippen molar-refractivity contribution in [2.75, 3.05) is 0 Å². The average Bonchev–Trinajstić information content (AvgIpc) is 2.38. The molecule has 1 N–H and O–H groups in total. The number of hydrogen-bond acceptors (Lipinski definition) is 2. The third kappa shape index (κ3) is 2.61. The van der Waals surface area contributed by atoms with Crippen molar-refractivity contribution in [1.29, 1.82) is 0 Å². The summed E-state index contributed by atoms with van der Waals surface area (Å²) < 4.78 is 51.8. The second kappa shape index (κ2) is 4.92. The van der Waals surface area contributed by atoms with Crippen LogP contribution in [0.25, 0.3) is 11.3 Å². The van der Waals surface area contributed by atoms with Crippen LogP contribution in [-0.4, -0.2) is 16.1 Å². The lowest BCUT2D eigenvalue weighted by Crippen LogP contribution is -2.09. The van der Waals surface area contributed by atoms with Crippen LogP contribution in [0, 0.1) is 5.82 Å². The number of rotatable bonds is 2. The molecule has 2 rings (SSSR count). The van der Waals surface area contributed by atoms with Gasteiger partial charge >= 0.3 is 12.1 Å². The molecule has 0 amide bonds. The molecule has 0 fully saturated rings. The number of carboxylic acids is 1. The van der Waals surface area contributed by atoms with Gasteiger partial charge in [-0.15, -0.1) is 0 Å². The Kier molecular flexibility index (Phi) is 3.44. The van der Waals surface area contributed by atoms with Crippen LogP contribution < -0.4 is 0 Å². The molecular formula is C13H7F4NO2. The first-order chi connectivity index (χ1) is 9.30. The predicted molar refractivity (Wildman–Crippen MR) is 61.6 cm³/mol. The zero-order valence-corrected chi connectivity index (χ0v) is 9.78. The fourth-order valence-electron chi connectivity index (χ4n) is 1.70. The molecule has 104 valence electrons. The maximum absolute atomic E-state index is 13.2. The molecule has 0 spiro atoms. The number of alkyl halides is 3. The minimum Gasteiger partial charge on any atom is -0.476 e. The van der Waals surface area contributed by atoms with Crippen LogP contribution in [0.4, 0.5) is 17.6 Å². The van der Waals surface area contributed by atoms with E-state index in [9.17, 15) is 22.4 Å². The molecule has 0 bridgehead atoms. The van der Waals surface area contributed by atoms with E-state index in [4.69, 9.17) is 5.11 Å². The minimum atomic E-state index is -4.62. The maximum atomic E-state index is 13.2. The molecule has 0 radical (unpaired) electrons. The second-order valence-corrected chi connectivity index (χ2v) is 3.88. The number of hydrogen-bond donors (Lipinski definition) is 1. The van der Waals surface area contributed by atoms with E-state index in [0.717, 1.165) is 24.3 Å². The molecule has 0 saturated carbocycles. The molecule has 1 aromatic carbocycles. The molecule has 0 saturated heterocycles. The number of aromatic carboxylic acids is 1. The zero-order valence-electron chi connectivity index (χ0n) is 9.78. The second-order valence-electron chi connectivity index (χ2n) is 3.88. The van der Waals surface area contributed by atoms with Crippen LogP contribution in [0.5, 0.6) is 0 Å². The number of pyridine rings is 1. The highest BCUT2D eigenvalue weighted by Crippen LogP contribution is 2.36. The molecule has 1 heterocycles. The molecule has 0 aliphatic rings. The summed E-state index contributed by atoms with van der Waals surface area (Å²) in [6.45, 7) is 0. The van der Waals surface area contributed by atoms with Crippen LogP contribution in [0.15, 0.2) is 36.4 Å². The van der Waals surface area contributed by atoms with Gasteiger partial charge in [0.25, 0.3) is 0 Å². The first-order valence-electron chi connectivity index (χ1n) is 5.37. The van der Waals surface area contributed by atoms with Crippen molar-refractivity contribution in [3.05, 3.63) is 53.5 Å². The number of aromatic nitrogens is 1. The van der Waals surface area contributed by atoms with Crippen LogP contribution in [0.1, 0.15) is 16.1 Å². The van der Waals surface area contributed by atoms with Crippen molar-refractivity contribution in [2.24, 2.45) is 0 Å². The Morgan fingerprint density at radius 3 is 2.35 bits per heavy atom. The van der Waals surface area contributed by atoms with Crippen molar-refractivity contribution in [2.45, 2.75) is 6.18 Å². The molecule has 2 aromatic rings. The van der Waals surface area contributed by atoms with Gasteiger partial charge in [0.2, 0.25) is 0 Å². The van der Waals surface area contributed by atoms with Crippen LogP contribution in [0.2, 0.25) is 0 Å². The molecule has 0 aliphatic carbocycles. The lowest BCUT2D eigenvalue weighted by Gasteiger charge is -2.12. The molecule has 1 aromatic heterocycles. The SMILES string of the molecule is O=C(O)c1nc(-c2ccccc2C(F)(F)F)ccc1F. The normalized spacial score (nSPS) is 11.4. The van der Waals surface area contributed by atoms with Crippen molar-refractivity contribution in [3.63, 3.8) is 0 Å². The van der Waals surface area contributed by atoms with Gasteiger partial charge in [-0.1, -0.05) is 18.2 Å². The fourth-order valence-corrected chi connectivity index (χ4v) is 1.70. The van der Waals surface area contributed by atoms with E-state index in [1.165, 1.54) is 12.1 Å². The van der Waals surface area contributed by atoms with Gasteiger partial charge in [-0.3, -0.25) is 0 Å². The quantitative estimate of drug-likeness (QED) is 0.858. The van der Waals surface area contributed by atoms with Gasteiger partial charge in [-0.05, 0) is 18.2 Å². The Balaban J connectivity index is 2.64. The van der Waals surface area contributed by atoms with Crippen LogP contribution >= 0.6 is 0 Å². The molecule has 0 atom stereocenters. The van der Waals surface area contributed by atoms with Gasteiger partial charge in [-0.25, -0.2) is 14.2 Å². The van der Waals surface area contributed by atoms with Gasteiger partial charge in [-0.2, -0.15) is 13.2 Å². The highest BCUT2D eigenvalue weighted by molar-refractivity contribution is 5.86. The van der Waals surface area contributed by atoms with Crippen LogP contribution in [-0.2, 0) is 6.18 Å². The topological polar surface area (TPSA) is 50.2 Å². The van der Waals surface area contributed by atoms with Crippen molar-refractivity contribution in [1.82, 2.24) is 4.98 Å². The summed E-state index contributed by atoms with van der Waals surface area (Å²) >= 11 is 0. The van der Waals surface area contributed by atoms with E-state index in [-0.39, 0.29) is 11.3 Å². The maximum Gasteiger partial charge on any atom is 0.417 e. The largest absolute Gasteiger partial charge is 0.476 e. The van der Waals surface area contributed by atoms with Crippen molar-refractivity contribution in [3.8, 4) is 11.3 Å². The molecule has 7 heteroatoms. The van der Waals surface area contributed by atoms with Gasteiger partial charge in [0.15, 0.2) is 11.5 Å². The monoisotopic (exact) mass is 285 g/mol. The van der Waals surface area contributed by atoms with E-state index in [1.54, 1.807) is 0 Å².